The molecule has 2 N–H and O–H groups in total. The van der Waals surface area contributed by atoms with Gasteiger partial charge in [-0.15, -0.1) is 35.3 Å². The molecule has 0 atom stereocenters. The molecule has 1 heterocycles. The molecule has 0 aliphatic carbocycles. The number of halogens is 1. The summed E-state index contributed by atoms with van der Waals surface area (Å²) in [6.45, 7) is 5.94. The normalized spacial score (nSPS) is 11.2. The van der Waals surface area contributed by atoms with E-state index in [4.69, 9.17) is 9.73 Å². The van der Waals surface area contributed by atoms with Crippen LogP contribution in [0.15, 0.2) is 46.8 Å². The van der Waals surface area contributed by atoms with Crippen molar-refractivity contribution in [2.24, 2.45) is 4.99 Å². The molecule has 0 aliphatic rings. The molecule has 0 unspecified atom stereocenters. The predicted octanol–water partition coefficient (Wildman–Crippen LogP) is 3.60. The van der Waals surface area contributed by atoms with Gasteiger partial charge in [-0.2, -0.15) is 0 Å². The van der Waals surface area contributed by atoms with Gasteiger partial charge in [0.2, 0.25) is 0 Å². The van der Waals surface area contributed by atoms with Crippen LogP contribution in [0.4, 0.5) is 0 Å². The Morgan fingerprint density at radius 2 is 1.96 bits per heavy atom. The van der Waals surface area contributed by atoms with Crippen LogP contribution in [0.2, 0.25) is 0 Å². The second-order valence-electron chi connectivity index (χ2n) is 6.21. The number of hydrogen-bond donors (Lipinski definition) is 2. The van der Waals surface area contributed by atoms with E-state index in [9.17, 15) is 0 Å². The van der Waals surface area contributed by atoms with Gasteiger partial charge in [0.1, 0.15) is 12.4 Å². The minimum Gasteiger partial charge on any atom is -0.492 e. The topological polar surface area (TPSA) is 48.9 Å². The molecule has 2 aromatic rings. The lowest BCUT2D eigenvalue weighted by molar-refractivity contribution is 0.259. The number of hydrogen-bond acceptors (Lipinski definition) is 4. The molecule has 0 saturated heterocycles. The van der Waals surface area contributed by atoms with Crippen LogP contribution in [0.3, 0.4) is 0 Å². The van der Waals surface area contributed by atoms with Crippen molar-refractivity contribution in [3.8, 4) is 5.75 Å². The monoisotopic (exact) mass is 502 g/mol. The van der Waals surface area contributed by atoms with Crippen LogP contribution in [0, 0.1) is 0 Å². The zero-order valence-electron chi connectivity index (χ0n) is 16.4. The predicted molar refractivity (Wildman–Crippen MR) is 127 cm³/mol. The first-order valence-electron chi connectivity index (χ1n) is 9.09. The van der Waals surface area contributed by atoms with Crippen LogP contribution in [-0.2, 0) is 13.0 Å². The van der Waals surface area contributed by atoms with Gasteiger partial charge in [0.15, 0.2) is 5.96 Å². The van der Waals surface area contributed by atoms with E-state index in [0.29, 0.717) is 13.2 Å². The number of para-hydroxylation sites is 1. The lowest BCUT2D eigenvalue weighted by Gasteiger charge is -2.14. The lowest BCUT2D eigenvalue weighted by atomic mass is 10.2. The van der Waals surface area contributed by atoms with Gasteiger partial charge >= 0.3 is 0 Å². The van der Waals surface area contributed by atoms with Gasteiger partial charge in [-0.25, -0.2) is 4.99 Å². The fourth-order valence-electron chi connectivity index (χ4n) is 2.38. The first-order valence-corrected chi connectivity index (χ1v) is 9.97. The molecule has 2 rings (SSSR count). The average molecular weight is 502 g/mol. The fraction of sp³-hybridized carbons (Fsp3) is 0.450. The van der Waals surface area contributed by atoms with Crippen LogP contribution in [-0.4, -0.2) is 51.2 Å². The first-order chi connectivity index (χ1) is 12.7. The largest absolute Gasteiger partial charge is 0.492 e. The smallest absolute Gasteiger partial charge is 0.191 e. The highest BCUT2D eigenvalue weighted by atomic mass is 127. The van der Waals surface area contributed by atoms with Crippen molar-refractivity contribution in [1.82, 2.24) is 15.5 Å². The summed E-state index contributed by atoms with van der Waals surface area (Å²) in [5, 5.41) is 8.82. The van der Waals surface area contributed by atoms with Gasteiger partial charge in [0.05, 0.1) is 6.54 Å². The Bertz CT molecular complexity index is 662. The van der Waals surface area contributed by atoms with E-state index in [1.54, 1.807) is 11.3 Å². The zero-order chi connectivity index (χ0) is 18.6. The summed E-state index contributed by atoms with van der Waals surface area (Å²) in [6, 6.07) is 12.4. The molecule has 0 aliphatic heterocycles. The van der Waals surface area contributed by atoms with E-state index in [1.165, 1.54) is 4.88 Å². The molecule has 0 fully saturated rings. The number of benzene rings is 1. The number of nitrogens with zero attached hydrogens (tertiary/aromatic N) is 2. The minimum atomic E-state index is 0. The highest BCUT2D eigenvalue weighted by Crippen LogP contribution is 2.18. The zero-order valence-corrected chi connectivity index (χ0v) is 19.6. The standard InChI is InChI=1S/C20H30N4OS.HI/c1-4-21-20(22-12-11-18-9-7-15-26-18)23-16-17-8-5-6-10-19(17)25-14-13-24(2)3;/h5-10,15H,4,11-14,16H2,1-3H3,(H2,21,22,23);1H. The Morgan fingerprint density at radius 3 is 2.67 bits per heavy atom. The molecule has 0 saturated carbocycles. The number of rotatable bonds is 10. The summed E-state index contributed by atoms with van der Waals surface area (Å²) in [6.07, 6.45) is 1.01. The summed E-state index contributed by atoms with van der Waals surface area (Å²) in [5.41, 5.74) is 1.10. The molecule has 0 radical (unpaired) electrons. The quantitative estimate of drug-likeness (QED) is 0.296. The summed E-state index contributed by atoms with van der Waals surface area (Å²) in [5.74, 6) is 1.75. The number of guanidine groups is 1. The molecule has 27 heavy (non-hydrogen) atoms. The van der Waals surface area contributed by atoms with Crippen molar-refractivity contribution in [1.29, 1.82) is 0 Å². The van der Waals surface area contributed by atoms with Crippen molar-refractivity contribution in [3.05, 3.63) is 52.2 Å². The van der Waals surface area contributed by atoms with Crippen LogP contribution in [0.25, 0.3) is 0 Å². The summed E-state index contributed by atoms with van der Waals surface area (Å²) >= 11 is 1.79. The highest BCUT2D eigenvalue weighted by molar-refractivity contribution is 14.0. The van der Waals surface area contributed by atoms with Crippen molar-refractivity contribution >= 4 is 41.3 Å². The van der Waals surface area contributed by atoms with E-state index in [1.807, 2.05) is 32.3 Å². The number of ether oxygens (including phenoxy) is 1. The van der Waals surface area contributed by atoms with Gasteiger partial charge in [-0.05, 0) is 45.0 Å². The summed E-state index contributed by atoms with van der Waals surface area (Å²) < 4.78 is 5.92. The van der Waals surface area contributed by atoms with Crippen LogP contribution >= 0.6 is 35.3 Å². The molecule has 1 aromatic carbocycles. The molecular weight excluding hydrogens is 471 g/mol. The van der Waals surface area contributed by atoms with Crippen molar-refractivity contribution in [2.45, 2.75) is 19.9 Å². The van der Waals surface area contributed by atoms with Gasteiger partial charge in [0, 0.05) is 30.1 Å². The Hall–Kier alpha value is -1.32. The number of thiophene rings is 1. The Morgan fingerprint density at radius 1 is 1.15 bits per heavy atom. The average Bonchev–Trinajstić information content (AvgIpc) is 3.14. The molecule has 0 spiro atoms. The third-order valence-corrected chi connectivity index (χ3v) is 4.70. The first kappa shape index (κ1) is 23.7. The maximum absolute atomic E-state index is 5.92. The fourth-order valence-corrected chi connectivity index (χ4v) is 3.09. The molecule has 7 heteroatoms. The Kier molecular flexibility index (Phi) is 12.1. The van der Waals surface area contributed by atoms with E-state index >= 15 is 0 Å². The second kappa shape index (κ2) is 13.8. The van der Waals surface area contributed by atoms with Gasteiger partial charge in [0.25, 0.3) is 0 Å². The molecule has 0 bridgehead atoms. The molecule has 150 valence electrons. The molecule has 0 amide bonds. The molecule has 1 aromatic heterocycles. The Balaban J connectivity index is 0.00000364. The molecular formula is C20H31IN4OS. The van der Waals surface area contributed by atoms with Crippen molar-refractivity contribution in [2.75, 3.05) is 40.3 Å². The van der Waals surface area contributed by atoms with E-state index < -0.39 is 0 Å². The highest BCUT2D eigenvalue weighted by Gasteiger charge is 2.04. The lowest BCUT2D eigenvalue weighted by Crippen LogP contribution is -2.38. The van der Waals surface area contributed by atoms with E-state index in [2.05, 4.69) is 46.0 Å². The number of likely N-dealkylation sites (N-methyl/N-ethyl adjacent to an activating group) is 1. The van der Waals surface area contributed by atoms with E-state index in [0.717, 1.165) is 43.3 Å². The second-order valence-corrected chi connectivity index (χ2v) is 7.24. The maximum Gasteiger partial charge on any atom is 0.191 e. The van der Waals surface area contributed by atoms with Gasteiger partial charge in [-0.3, -0.25) is 0 Å². The van der Waals surface area contributed by atoms with Gasteiger partial charge < -0.3 is 20.3 Å². The number of nitrogens with one attached hydrogen (secondary N) is 2. The minimum absolute atomic E-state index is 0. The van der Waals surface area contributed by atoms with Crippen LogP contribution < -0.4 is 15.4 Å². The van der Waals surface area contributed by atoms with Crippen LogP contribution in [0.1, 0.15) is 17.4 Å². The third kappa shape index (κ3) is 9.44. The molecule has 5 nitrogen and oxygen atoms in total. The van der Waals surface area contributed by atoms with Crippen LogP contribution in [0.5, 0.6) is 5.75 Å². The van der Waals surface area contributed by atoms with Crippen molar-refractivity contribution in [3.63, 3.8) is 0 Å². The van der Waals surface area contributed by atoms with Crippen molar-refractivity contribution < 1.29 is 4.74 Å². The SMILES string of the molecule is CCNC(=NCc1ccccc1OCCN(C)C)NCCc1cccs1.I. The number of aliphatic imine (C=N–C) groups is 1. The van der Waals surface area contributed by atoms with E-state index in [-0.39, 0.29) is 24.0 Å². The third-order valence-electron chi connectivity index (χ3n) is 3.76. The summed E-state index contributed by atoms with van der Waals surface area (Å²) in [4.78, 5) is 8.21. The maximum atomic E-state index is 5.92. The van der Waals surface area contributed by atoms with Gasteiger partial charge in [-0.1, -0.05) is 24.3 Å². The Labute approximate surface area is 184 Å². The summed E-state index contributed by atoms with van der Waals surface area (Å²) in [7, 11) is 4.09.